The number of carboxylic acid groups (broad SMARTS) is 1. The number of H-pyrrole nitrogens is 1. The highest BCUT2D eigenvalue weighted by Gasteiger charge is 2.19. The second kappa shape index (κ2) is 11.3. The molecule has 2 N–H and O–H groups in total. The molecule has 0 radical (unpaired) electrons. The SMILES string of the molecule is CCCCCC(CCC(=O)O)c1ncnn1Cc1ccc(-c2ccccc2-c2nn[nH]n2)cc1. The van der Waals surface area contributed by atoms with Crippen LogP contribution in [0.4, 0.5) is 0 Å². The van der Waals surface area contributed by atoms with Crippen molar-refractivity contribution in [3.05, 3.63) is 66.2 Å². The smallest absolute Gasteiger partial charge is 0.303 e. The van der Waals surface area contributed by atoms with E-state index in [4.69, 9.17) is 0 Å². The minimum Gasteiger partial charge on any atom is -0.481 e. The topological polar surface area (TPSA) is 122 Å². The number of hydrogen-bond donors (Lipinski definition) is 2. The largest absolute Gasteiger partial charge is 0.481 e. The third kappa shape index (κ3) is 5.72. The predicted molar refractivity (Wildman–Crippen MR) is 128 cm³/mol. The van der Waals surface area contributed by atoms with Gasteiger partial charge in [-0.1, -0.05) is 74.7 Å². The molecule has 0 spiro atoms. The fraction of sp³-hybridized carbons (Fsp3) is 0.360. The molecular weight excluding hydrogens is 430 g/mol. The van der Waals surface area contributed by atoms with Gasteiger partial charge in [-0.2, -0.15) is 10.3 Å². The number of nitrogens with one attached hydrogen (secondary N) is 1. The van der Waals surface area contributed by atoms with Gasteiger partial charge in [-0.05, 0) is 34.7 Å². The fourth-order valence-corrected chi connectivity index (χ4v) is 4.22. The van der Waals surface area contributed by atoms with Gasteiger partial charge < -0.3 is 5.11 Å². The van der Waals surface area contributed by atoms with Crippen molar-refractivity contribution in [2.24, 2.45) is 0 Å². The molecule has 2 heterocycles. The van der Waals surface area contributed by atoms with Gasteiger partial charge in [-0.3, -0.25) is 4.79 Å². The first-order valence-corrected chi connectivity index (χ1v) is 11.7. The second-order valence-electron chi connectivity index (χ2n) is 8.38. The first-order chi connectivity index (χ1) is 16.7. The fourth-order valence-electron chi connectivity index (χ4n) is 4.22. The summed E-state index contributed by atoms with van der Waals surface area (Å²) in [4.78, 5) is 15.7. The molecule has 1 unspecified atom stereocenters. The van der Waals surface area contributed by atoms with Crippen LogP contribution in [-0.4, -0.2) is 46.5 Å². The molecule has 9 nitrogen and oxygen atoms in total. The first kappa shape index (κ1) is 23.3. The normalized spacial score (nSPS) is 12.0. The Morgan fingerprint density at radius 1 is 1.06 bits per heavy atom. The lowest BCUT2D eigenvalue weighted by atomic mass is 9.95. The molecule has 1 atom stereocenters. The van der Waals surface area contributed by atoms with Gasteiger partial charge in [0.25, 0.3) is 0 Å². The number of aliphatic carboxylic acids is 1. The molecular formula is C25H29N7O2. The van der Waals surface area contributed by atoms with Gasteiger partial charge in [0.1, 0.15) is 12.2 Å². The van der Waals surface area contributed by atoms with E-state index in [2.05, 4.69) is 61.9 Å². The maximum atomic E-state index is 11.2. The molecule has 4 rings (SSSR count). The van der Waals surface area contributed by atoms with Crippen LogP contribution in [0.3, 0.4) is 0 Å². The van der Waals surface area contributed by atoms with E-state index in [1.807, 2.05) is 28.9 Å². The summed E-state index contributed by atoms with van der Waals surface area (Å²) in [6.07, 6.45) is 6.51. The third-order valence-corrected chi connectivity index (χ3v) is 5.98. The van der Waals surface area contributed by atoms with Crippen molar-refractivity contribution in [2.75, 3.05) is 0 Å². The molecule has 176 valence electrons. The van der Waals surface area contributed by atoms with Crippen LogP contribution in [0.1, 0.15) is 62.8 Å². The van der Waals surface area contributed by atoms with E-state index in [9.17, 15) is 9.90 Å². The van der Waals surface area contributed by atoms with E-state index in [0.29, 0.717) is 18.8 Å². The maximum absolute atomic E-state index is 11.2. The zero-order valence-corrected chi connectivity index (χ0v) is 19.3. The van der Waals surface area contributed by atoms with E-state index in [-0.39, 0.29) is 12.3 Å². The number of nitrogens with zero attached hydrogens (tertiary/aromatic N) is 6. The van der Waals surface area contributed by atoms with E-state index in [1.54, 1.807) is 6.33 Å². The Morgan fingerprint density at radius 3 is 2.56 bits per heavy atom. The van der Waals surface area contributed by atoms with Gasteiger partial charge in [0, 0.05) is 17.9 Å². The highest BCUT2D eigenvalue weighted by molar-refractivity contribution is 5.80. The van der Waals surface area contributed by atoms with Crippen LogP contribution >= 0.6 is 0 Å². The Bertz CT molecular complexity index is 1190. The molecule has 0 saturated carbocycles. The number of benzene rings is 2. The van der Waals surface area contributed by atoms with E-state index in [0.717, 1.165) is 53.8 Å². The summed E-state index contributed by atoms with van der Waals surface area (Å²) >= 11 is 0. The maximum Gasteiger partial charge on any atom is 0.303 e. The van der Waals surface area contributed by atoms with Crippen molar-refractivity contribution < 1.29 is 9.90 Å². The van der Waals surface area contributed by atoms with Crippen LogP contribution in [-0.2, 0) is 11.3 Å². The first-order valence-electron chi connectivity index (χ1n) is 11.7. The van der Waals surface area contributed by atoms with Crippen molar-refractivity contribution in [3.8, 4) is 22.5 Å². The number of hydrogen-bond acceptors (Lipinski definition) is 6. The number of unbranched alkanes of at least 4 members (excludes halogenated alkanes) is 2. The number of carbonyl (C=O) groups is 1. The van der Waals surface area contributed by atoms with Gasteiger partial charge in [0.05, 0.1) is 6.54 Å². The quantitative estimate of drug-likeness (QED) is 0.294. The highest BCUT2D eigenvalue weighted by atomic mass is 16.4. The van der Waals surface area contributed by atoms with Crippen molar-refractivity contribution >= 4 is 5.97 Å². The standard InChI is InChI=1S/C25H29N7O2/c1-2-3-4-7-20(14-15-23(33)34)25-26-17-27-32(25)16-18-10-12-19(13-11-18)21-8-5-6-9-22(21)24-28-30-31-29-24/h5-6,8-13,17,20H,2-4,7,14-16H2,1H3,(H,33,34)(H,28,29,30,31). The van der Waals surface area contributed by atoms with E-state index >= 15 is 0 Å². The van der Waals surface area contributed by atoms with E-state index < -0.39 is 5.97 Å². The van der Waals surface area contributed by atoms with Crippen LogP contribution < -0.4 is 0 Å². The number of aromatic nitrogens is 7. The summed E-state index contributed by atoms with van der Waals surface area (Å²) in [5.74, 6) is 0.737. The van der Waals surface area contributed by atoms with Crippen LogP contribution in [0.15, 0.2) is 54.9 Å². The highest BCUT2D eigenvalue weighted by Crippen LogP contribution is 2.30. The molecule has 34 heavy (non-hydrogen) atoms. The lowest BCUT2D eigenvalue weighted by molar-refractivity contribution is -0.137. The molecule has 0 fully saturated rings. The molecule has 0 aliphatic carbocycles. The van der Waals surface area contributed by atoms with Crippen LogP contribution in [0.2, 0.25) is 0 Å². The molecule has 0 saturated heterocycles. The lowest BCUT2D eigenvalue weighted by Gasteiger charge is -2.17. The molecule has 9 heteroatoms. The summed E-state index contributed by atoms with van der Waals surface area (Å²) in [5, 5.41) is 28.0. The molecule has 0 aliphatic heterocycles. The molecule has 4 aromatic rings. The summed E-state index contributed by atoms with van der Waals surface area (Å²) in [6.45, 7) is 2.75. The number of tetrazole rings is 1. The second-order valence-corrected chi connectivity index (χ2v) is 8.38. The Balaban J connectivity index is 1.52. The Kier molecular flexibility index (Phi) is 7.75. The minimum absolute atomic E-state index is 0.0891. The average molecular weight is 460 g/mol. The lowest BCUT2D eigenvalue weighted by Crippen LogP contribution is -2.13. The number of carboxylic acids is 1. The van der Waals surface area contributed by atoms with E-state index in [1.165, 1.54) is 0 Å². The Labute approximate surface area is 198 Å². The summed E-state index contributed by atoms with van der Waals surface area (Å²) in [5.41, 5.74) is 4.09. The van der Waals surface area contributed by atoms with Gasteiger partial charge in [-0.25, -0.2) is 9.67 Å². The van der Waals surface area contributed by atoms with Crippen molar-refractivity contribution in [3.63, 3.8) is 0 Å². The van der Waals surface area contributed by atoms with Gasteiger partial charge in [-0.15, -0.1) is 10.2 Å². The Morgan fingerprint density at radius 2 is 1.85 bits per heavy atom. The van der Waals surface area contributed by atoms with Crippen LogP contribution in [0, 0.1) is 0 Å². The van der Waals surface area contributed by atoms with Crippen molar-refractivity contribution in [2.45, 2.75) is 57.9 Å². The molecule has 0 bridgehead atoms. The number of rotatable bonds is 12. The Hall–Kier alpha value is -3.88. The molecule has 2 aromatic heterocycles. The van der Waals surface area contributed by atoms with Crippen molar-refractivity contribution in [1.82, 2.24) is 35.4 Å². The predicted octanol–water partition coefficient (Wildman–Crippen LogP) is 4.70. The van der Waals surface area contributed by atoms with Crippen LogP contribution in [0.25, 0.3) is 22.5 Å². The summed E-state index contributed by atoms with van der Waals surface area (Å²) in [6, 6.07) is 16.3. The average Bonchev–Trinajstić information content (AvgIpc) is 3.54. The van der Waals surface area contributed by atoms with Crippen LogP contribution in [0.5, 0.6) is 0 Å². The molecule has 0 aliphatic rings. The minimum atomic E-state index is -0.775. The van der Waals surface area contributed by atoms with Gasteiger partial charge in [0.2, 0.25) is 5.82 Å². The monoisotopic (exact) mass is 459 g/mol. The number of aromatic amines is 1. The van der Waals surface area contributed by atoms with Gasteiger partial charge in [0.15, 0.2) is 0 Å². The van der Waals surface area contributed by atoms with Crippen molar-refractivity contribution in [1.29, 1.82) is 0 Å². The zero-order chi connectivity index (χ0) is 23.8. The molecule has 0 amide bonds. The van der Waals surface area contributed by atoms with Gasteiger partial charge >= 0.3 is 5.97 Å². The summed E-state index contributed by atoms with van der Waals surface area (Å²) in [7, 11) is 0. The zero-order valence-electron chi connectivity index (χ0n) is 19.3. The summed E-state index contributed by atoms with van der Waals surface area (Å²) < 4.78 is 1.90. The third-order valence-electron chi connectivity index (χ3n) is 5.98. The molecule has 2 aromatic carbocycles.